The summed E-state index contributed by atoms with van der Waals surface area (Å²) >= 11 is 0.709. The molecule has 0 aliphatic carbocycles. The Labute approximate surface area is 84.1 Å². The van der Waals surface area contributed by atoms with Gasteiger partial charge in [0.15, 0.2) is 0 Å². The van der Waals surface area contributed by atoms with Crippen LogP contribution in [0.1, 0.15) is 19.4 Å². The molecule has 1 aromatic carbocycles. The van der Waals surface area contributed by atoms with Gasteiger partial charge in [0, 0.05) is 12.0 Å². The van der Waals surface area contributed by atoms with Gasteiger partial charge in [0.2, 0.25) is 0 Å². The van der Waals surface area contributed by atoms with Crippen LogP contribution in [-0.4, -0.2) is 11.7 Å². The largest absolute Gasteiger partial charge is 0.496 e. The fraction of sp³-hybridized carbons (Fsp3) is 0.400. The molecular weight excluding hydrogens is 184 g/mol. The molecule has 1 aromatic rings. The zero-order chi connectivity index (χ0) is 10.3. The number of ether oxygens (including phenoxy) is 1. The highest BCUT2D eigenvalue weighted by molar-refractivity contribution is 7.93. The molecule has 0 bridgehead atoms. The average Bonchev–Trinajstić information content (AvgIpc) is 2.20. The number of rotatable bonds is 2. The molecule has 0 spiro atoms. The summed E-state index contributed by atoms with van der Waals surface area (Å²) in [6.45, 7) is 5.97. The summed E-state index contributed by atoms with van der Waals surface area (Å²) < 4.78 is 13.8. The molecule has 0 atom stereocenters. The third-order valence-corrected chi connectivity index (χ3v) is 1.93. The van der Waals surface area contributed by atoms with Crippen molar-refractivity contribution in [3.05, 3.63) is 23.8 Å². The minimum absolute atomic E-state index is 0.709. The lowest BCUT2D eigenvalue weighted by atomic mass is 10.2. The van der Waals surface area contributed by atoms with Gasteiger partial charge in [-0.25, -0.2) is 0 Å². The topological polar surface area (TPSA) is 29.5 Å². The van der Waals surface area contributed by atoms with E-state index in [1.807, 2.05) is 39.0 Å². The maximum absolute atomic E-state index is 8.81. The minimum Gasteiger partial charge on any atom is -0.496 e. The summed E-state index contributed by atoms with van der Waals surface area (Å²) in [6, 6.07) is 5.66. The zero-order valence-electron chi connectivity index (χ0n) is 8.50. The number of hydrogen-bond acceptors (Lipinski definition) is 3. The molecule has 13 heavy (non-hydrogen) atoms. The highest BCUT2D eigenvalue weighted by Gasteiger charge is 2.01. The Morgan fingerprint density at radius 2 is 1.92 bits per heavy atom. The van der Waals surface area contributed by atoms with Gasteiger partial charge < -0.3 is 9.29 Å². The van der Waals surface area contributed by atoms with Gasteiger partial charge in [-0.05, 0) is 24.6 Å². The van der Waals surface area contributed by atoms with Crippen molar-refractivity contribution in [2.75, 3.05) is 7.11 Å². The molecule has 2 nitrogen and oxygen atoms in total. The molecule has 0 aliphatic rings. The van der Waals surface area contributed by atoms with E-state index in [4.69, 9.17) is 9.29 Å². The van der Waals surface area contributed by atoms with Crippen LogP contribution in [0.25, 0.3) is 0 Å². The second-order valence-electron chi connectivity index (χ2n) is 2.25. The fourth-order valence-electron chi connectivity index (χ4n) is 0.855. The standard InChI is InChI=1S/C8H10O2S.C2H6/c1-6-3-4-7(10-2)8(5-6)11-9;1-2/h3-5,9H,1-2H3;1-2H3. The van der Waals surface area contributed by atoms with Crippen molar-refractivity contribution in [3.63, 3.8) is 0 Å². The zero-order valence-corrected chi connectivity index (χ0v) is 9.31. The lowest BCUT2D eigenvalue weighted by Crippen LogP contribution is -1.85. The molecule has 0 radical (unpaired) electrons. The van der Waals surface area contributed by atoms with Crippen LogP contribution in [0.2, 0.25) is 0 Å². The van der Waals surface area contributed by atoms with Crippen LogP contribution in [0.3, 0.4) is 0 Å². The minimum atomic E-state index is 0.709. The molecular formula is C10H16O2S. The average molecular weight is 200 g/mol. The van der Waals surface area contributed by atoms with Crippen molar-refractivity contribution >= 4 is 12.0 Å². The summed E-state index contributed by atoms with van der Waals surface area (Å²) in [7, 11) is 1.59. The second-order valence-corrected chi connectivity index (χ2v) is 2.87. The molecule has 0 heterocycles. The van der Waals surface area contributed by atoms with Crippen molar-refractivity contribution in [3.8, 4) is 5.75 Å². The molecule has 0 fully saturated rings. The van der Waals surface area contributed by atoms with Crippen LogP contribution in [0.15, 0.2) is 23.1 Å². The van der Waals surface area contributed by atoms with Gasteiger partial charge in [0.05, 0.1) is 12.0 Å². The van der Waals surface area contributed by atoms with Crippen molar-refractivity contribution < 1.29 is 9.29 Å². The van der Waals surface area contributed by atoms with E-state index in [-0.39, 0.29) is 0 Å². The summed E-state index contributed by atoms with van der Waals surface area (Å²) in [5.74, 6) is 0.711. The third-order valence-electron chi connectivity index (χ3n) is 1.42. The van der Waals surface area contributed by atoms with Gasteiger partial charge in [-0.2, -0.15) is 0 Å². The Bertz CT molecular complexity index is 249. The Hall–Kier alpha value is -0.670. The summed E-state index contributed by atoms with van der Waals surface area (Å²) in [4.78, 5) is 0.757. The molecule has 74 valence electrons. The summed E-state index contributed by atoms with van der Waals surface area (Å²) in [5.41, 5.74) is 1.11. The highest BCUT2D eigenvalue weighted by atomic mass is 32.2. The van der Waals surface area contributed by atoms with Gasteiger partial charge >= 0.3 is 0 Å². The SMILES string of the molecule is CC.COc1ccc(C)cc1SO. The first-order valence-corrected chi connectivity index (χ1v) is 5.01. The van der Waals surface area contributed by atoms with E-state index in [1.165, 1.54) is 0 Å². The van der Waals surface area contributed by atoms with E-state index in [2.05, 4.69) is 0 Å². The molecule has 0 unspecified atom stereocenters. The first-order valence-electron chi connectivity index (χ1n) is 4.24. The van der Waals surface area contributed by atoms with Crippen LogP contribution in [0.4, 0.5) is 0 Å². The summed E-state index contributed by atoms with van der Waals surface area (Å²) in [5, 5.41) is 0. The maximum atomic E-state index is 8.81. The van der Waals surface area contributed by atoms with Crippen LogP contribution < -0.4 is 4.74 Å². The Balaban J connectivity index is 0.000000671. The number of aryl methyl sites for hydroxylation is 1. The van der Waals surface area contributed by atoms with E-state index >= 15 is 0 Å². The van der Waals surface area contributed by atoms with Gasteiger partial charge in [0.1, 0.15) is 5.75 Å². The molecule has 0 amide bonds. The first-order chi connectivity index (χ1) is 6.27. The molecule has 0 saturated heterocycles. The Morgan fingerprint density at radius 3 is 2.38 bits per heavy atom. The number of hydrogen-bond donors (Lipinski definition) is 1. The molecule has 0 aromatic heterocycles. The Morgan fingerprint density at radius 1 is 1.31 bits per heavy atom. The van der Waals surface area contributed by atoms with E-state index < -0.39 is 0 Å². The van der Waals surface area contributed by atoms with Crippen molar-refractivity contribution in [2.24, 2.45) is 0 Å². The second kappa shape index (κ2) is 6.80. The van der Waals surface area contributed by atoms with E-state index in [9.17, 15) is 0 Å². The smallest absolute Gasteiger partial charge is 0.134 e. The predicted molar refractivity (Wildman–Crippen MR) is 57.6 cm³/mol. The molecule has 0 aliphatic heterocycles. The van der Waals surface area contributed by atoms with Crippen molar-refractivity contribution in [1.82, 2.24) is 0 Å². The molecule has 1 rings (SSSR count). The monoisotopic (exact) mass is 200 g/mol. The fourth-order valence-corrected chi connectivity index (χ4v) is 1.34. The molecule has 1 N–H and O–H groups in total. The van der Waals surface area contributed by atoms with Crippen LogP contribution in [0.5, 0.6) is 5.75 Å². The van der Waals surface area contributed by atoms with E-state index in [0.717, 1.165) is 10.5 Å². The van der Waals surface area contributed by atoms with Gasteiger partial charge in [-0.1, -0.05) is 19.9 Å². The highest BCUT2D eigenvalue weighted by Crippen LogP contribution is 2.27. The number of benzene rings is 1. The van der Waals surface area contributed by atoms with Gasteiger partial charge in [-0.3, -0.25) is 0 Å². The van der Waals surface area contributed by atoms with Gasteiger partial charge in [-0.15, -0.1) is 0 Å². The van der Waals surface area contributed by atoms with Crippen LogP contribution in [-0.2, 0) is 0 Å². The van der Waals surface area contributed by atoms with Crippen LogP contribution in [0, 0.1) is 6.92 Å². The maximum Gasteiger partial charge on any atom is 0.134 e. The van der Waals surface area contributed by atoms with E-state index in [1.54, 1.807) is 7.11 Å². The normalized spacial score (nSPS) is 8.69. The van der Waals surface area contributed by atoms with E-state index in [0.29, 0.717) is 17.8 Å². The first kappa shape index (κ1) is 12.3. The number of methoxy groups -OCH3 is 1. The molecule has 3 heteroatoms. The lowest BCUT2D eigenvalue weighted by Gasteiger charge is -2.04. The van der Waals surface area contributed by atoms with Crippen LogP contribution >= 0.6 is 12.0 Å². The quantitative estimate of drug-likeness (QED) is 0.740. The predicted octanol–water partition coefficient (Wildman–Crippen LogP) is 3.59. The van der Waals surface area contributed by atoms with Crippen molar-refractivity contribution in [2.45, 2.75) is 25.7 Å². The van der Waals surface area contributed by atoms with Crippen molar-refractivity contribution in [1.29, 1.82) is 0 Å². The Kier molecular flexibility index (Phi) is 6.45. The van der Waals surface area contributed by atoms with Gasteiger partial charge in [0.25, 0.3) is 0 Å². The summed E-state index contributed by atoms with van der Waals surface area (Å²) in [6.07, 6.45) is 0. The third kappa shape index (κ3) is 3.70. The lowest BCUT2D eigenvalue weighted by molar-refractivity contribution is 0.403. The molecule has 0 saturated carbocycles.